The number of nitrogens with two attached hydrogens (primary N) is 1. The average molecular weight is 226 g/mol. The highest BCUT2D eigenvalue weighted by Crippen LogP contribution is 2.19. The normalized spacial score (nSPS) is 13.6. The monoisotopic (exact) mass is 226 g/mol. The number of hydrogen-bond donors (Lipinski definition) is 2. The maximum atomic E-state index is 11.6. The summed E-state index contributed by atoms with van der Waals surface area (Å²) in [4.78, 5) is 12.8. The van der Waals surface area contributed by atoms with Gasteiger partial charge >= 0.3 is 0 Å². The number of tetrazole rings is 1. The number of hydrogen-bond acceptors (Lipinski definition) is 5. The number of carbonyl (C=O) groups excluding carboxylic acids is 1. The zero-order chi connectivity index (χ0) is 12.3. The van der Waals surface area contributed by atoms with Crippen molar-refractivity contribution >= 4 is 11.9 Å². The van der Waals surface area contributed by atoms with E-state index in [1.54, 1.807) is 7.05 Å². The summed E-state index contributed by atoms with van der Waals surface area (Å²) in [6.07, 6.45) is 0.238. The van der Waals surface area contributed by atoms with Crippen LogP contribution in [0.1, 0.15) is 27.2 Å². The van der Waals surface area contributed by atoms with Gasteiger partial charge in [0.1, 0.15) is 0 Å². The molecule has 1 unspecified atom stereocenters. The van der Waals surface area contributed by atoms with E-state index in [9.17, 15) is 4.79 Å². The summed E-state index contributed by atoms with van der Waals surface area (Å²) in [5, 5.41) is 13.6. The molecular weight excluding hydrogens is 208 g/mol. The molecule has 0 aliphatic carbocycles. The highest BCUT2D eigenvalue weighted by molar-refractivity contribution is 5.89. The Balaban J connectivity index is 2.48. The van der Waals surface area contributed by atoms with E-state index in [4.69, 9.17) is 5.73 Å². The van der Waals surface area contributed by atoms with Gasteiger partial charge in [-0.1, -0.05) is 25.9 Å². The van der Waals surface area contributed by atoms with E-state index in [1.807, 2.05) is 20.8 Å². The molecule has 0 bridgehead atoms. The van der Waals surface area contributed by atoms with Crippen molar-refractivity contribution in [1.29, 1.82) is 0 Å². The van der Waals surface area contributed by atoms with Crippen molar-refractivity contribution in [2.24, 2.45) is 18.2 Å². The Labute approximate surface area is 94.4 Å². The van der Waals surface area contributed by atoms with E-state index in [2.05, 4.69) is 20.7 Å². The lowest BCUT2D eigenvalue weighted by molar-refractivity contribution is -0.117. The first-order valence-corrected chi connectivity index (χ1v) is 5.08. The molecule has 1 rings (SSSR count). The van der Waals surface area contributed by atoms with Crippen molar-refractivity contribution in [3.63, 3.8) is 0 Å². The third-order valence-electron chi connectivity index (χ3n) is 2.28. The molecule has 90 valence electrons. The smallest absolute Gasteiger partial charge is 0.270 e. The van der Waals surface area contributed by atoms with Crippen LogP contribution in [0.3, 0.4) is 0 Å². The van der Waals surface area contributed by atoms with Crippen LogP contribution in [0.2, 0.25) is 0 Å². The molecule has 16 heavy (non-hydrogen) atoms. The third kappa shape index (κ3) is 3.58. The van der Waals surface area contributed by atoms with Gasteiger partial charge in [0.15, 0.2) is 0 Å². The van der Waals surface area contributed by atoms with Gasteiger partial charge in [0.25, 0.3) is 5.95 Å². The average Bonchev–Trinajstić information content (AvgIpc) is 2.49. The molecular formula is C9H18N6O. The molecule has 0 saturated carbocycles. The maximum absolute atomic E-state index is 11.6. The molecule has 0 aliphatic rings. The van der Waals surface area contributed by atoms with Gasteiger partial charge in [-0.3, -0.25) is 10.1 Å². The Morgan fingerprint density at radius 2 is 2.19 bits per heavy atom. The van der Waals surface area contributed by atoms with Crippen LogP contribution < -0.4 is 11.1 Å². The van der Waals surface area contributed by atoms with Gasteiger partial charge in [0, 0.05) is 12.5 Å². The zero-order valence-corrected chi connectivity index (χ0v) is 10.1. The van der Waals surface area contributed by atoms with E-state index >= 15 is 0 Å². The number of amides is 1. The standard InChI is InChI=1S/C9H18N6O/c1-9(2,3)6(10)5-7(16)11-8-12-14-15(4)13-8/h6H,5,10H2,1-4H3,(H,11,13,16). The minimum Gasteiger partial charge on any atom is -0.327 e. The number of rotatable bonds is 3. The predicted molar refractivity (Wildman–Crippen MR) is 59.5 cm³/mol. The van der Waals surface area contributed by atoms with Crippen molar-refractivity contribution in [3.05, 3.63) is 0 Å². The number of aromatic nitrogens is 4. The number of anilines is 1. The Morgan fingerprint density at radius 1 is 1.56 bits per heavy atom. The minimum absolute atomic E-state index is 0.104. The van der Waals surface area contributed by atoms with E-state index in [1.165, 1.54) is 4.80 Å². The Bertz CT molecular complexity index is 366. The number of nitrogens with one attached hydrogen (secondary N) is 1. The lowest BCUT2D eigenvalue weighted by atomic mass is 9.85. The first-order valence-electron chi connectivity index (χ1n) is 5.08. The molecule has 1 aromatic rings. The molecule has 0 saturated heterocycles. The van der Waals surface area contributed by atoms with Crippen LogP contribution in [-0.4, -0.2) is 32.2 Å². The maximum Gasteiger partial charge on any atom is 0.270 e. The number of aryl methyl sites for hydroxylation is 1. The minimum atomic E-state index is -0.204. The van der Waals surface area contributed by atoms with Crippen LogP contribution >= 0.6 is 0 Å². The Morgan fingerprint density at radius 3 is 2.62 bits per heavy atom. The molecule has 7 nitrogen and oxygen atoms in total. The van der Waals surface area contributed by atoms with Crippen molar-refractivity contribution in [1.82, 2.24) is 20.2 Å². The highest BCUT2D eigenvalue weighted by Gasteiger charge is 2.23. The van der Waals surface area contributed by atoms with Crippen molar-refractivity contribution < 1.29 is 4.79 Å². The van der Waals surface area contributed by atoms with E-state index in [0.29, 0.717) is 0 Å². The molecule has 0 spiro atoms. The van der Waals surface area contributed by atoms with Gasteiger partial charge in [-0.25, -0.2) is 0 Å². The van der Waals surface area contributed by atoms with Gasteiger partial charge in [0.05, 0.1) is 7.05 Å². The Hall–Kier alpha value is -1.50. The molecule has 1 amide bonds. The molecule has 0 fully saturated rings. The molecule has 1 heterocycles. The topological polar surface area (TPSA) is 98.7 Å². The van der Waals surface area contributed by atoms with Crippen molar-refractivity contribution in [2.75, 3.05) is 5.32 Å². The summed E-state index contributed by atoms with van der Waals surface area (Å²) < 4.78 is 0. The number of carbonyl (C=O) groups is 1. The summed E-state index contributed by atoms with van der Waals surface area (Å²) >= 11 is 0. The predicted octanol–water partition coefficient (Wildman–Crippen LogP) is -0.0879. The summed E-state index contributed by atoms with van der Waals surface area (Å²) in [5.41, 5.74) is 5.78. The highest BCUT2D eigenvalue weighted by atomic mass is 16.1. The third-order valence-corrected chi connectivity index (χ3v) is 2.28. The molecule has 0 radical (unpaired) electrons. The summed E-state index contributed by atoms with van der Waals surface area (Å²) in [5.74, 6) is 0.00374. The van der Waals surface area contributed by atoms with Crippen LogP contribution in [0.25, 0.3) is 0 Å². The first-order chi connectivity index (χ1) is 7.29. The second-order valence-corrected chi connectivity index (χ2v) is 4.83. The summed E-state index contributed by atoms with van der Waals surface area (Å²) in [7, 11) is 1.63. The molecule has 1 aromatic heterocycles. The SMILES string of the molecule is Cn1nnc(NC(=O)CC(N)C(C)(C)C)n1. The second kappa shape index (κ2) is 4.56. The van der Waals surface area contributed by atoms with Crippen molar-refractivity contribution in [3.8, 4) is 0 Å². The molecule has 0 aromatic carbocycles. The van der Waals surface area contributed by atoms with Crippen molar-refractivity contribution in [2.45, 2.75) is 33.2 Å². The largest absolute Gasteiger partial charge is 0.327 e. The summed E-state index contributed by atoms with van der Waals surface area (Å²) in [6.45, 7) is 5.97. The second-order valence-electron chi connectivity index (χ2n) is 4.83. The van der Waals surface area contributed by atoms with Gasteiger partial charge in [-0.15, -0.1) is 5.10 Å². The molecule has 1 atom stereocenters. The van der Waals surface area contributed by atoms with Crippen LogP contribution in [0.5, 0.6) is 0 Å². The van der Waals surface area contributed by atoms with E-state index in [-0.39, 0.29) is 29.7 Å². The van der Waals surface area contributed by atoms with Crippen LogP contribution in [0.4, 0.5) is 5.95 Å². The fourth-order valence-electron chi connectivity index (χ4n) is 1.02. The van der Waals surface area contributed by atoms with Crippen LogP contribution in [0.15, 0.2) is 0 Å². The fraction of sp³-hybridized carbons (Fsp3) is 0.778. The molecule has 7 heteroatoms. The van der Waals surface area contributed by atoms with Crippen LogP contribution in [-0.2, 0) is 11.8 Å². The van der Waals surface area contributed by atoms with Gasteiger partial charge in [-0.2, -0.15) is 4.80 Å². The zero-order valence-electron chi connectivity index (χ0n) is 10.1. The fourth-order valence-corrected chi connectivity index (χ4v) is 1.02. The van der Waals surface area contributed by atoms with Gasteiger partial charge in [-0.05, 0) is 10.6 Å². The van der Waals surface area contributed by atoms with E-state index < -0.39 is 0 Å². The molecule has 0 aliphatic heterocycles. The lowest BCUT2D eigenvalue weighted by Crippen LogP contribution is -2.38. The number of nitrogens with zero attached hydrogens (tertiary/aromatic N) is 4. The Kier molecular flexibility index (Phi) is 3.58. The van der Waals surface area contributed by atoms with E-state index in [0.717, 1.165) is 0 Å². The first kappa shape index (κ1) is 12.6. The van der Waals surface area contributed by atoms with Crippen LogP contribution in [0, 0.1) is 5.41 Å². The lowest BCUT2D eigenvalue weighted by Gasteiger charge is -2.26. The van der Waals surface area contributed by atoms with Gasteiger partial charge < -0.3 is 5.73 Å². The van der Waals surface area contributed by atoms with Gasteiger partial charge in [0.2, 0.25) is 5.91 Å². The quantitative estimate of drug-likeness (QED) is 0.750. The summed E-state index contributed by atoms with van der Waals surface area (Å²) in [6, 6.07) is -0.204. The molecule has 3 N–H and O–H groups in total.